The van der Waals surface area contributed by atoms with Crippen molar-refractivity contribution in [1.82, 2.24) is 0 Å². The number of nitrogens with two attached hydrogens (primary N) is 1. The van der Waals surface area contributed by atoms with Gasteiger partial charge < -0.3 is 30.2 Å². The summed E-state index contributed by atoms with van der Waals surface area (Å²) in [5.41, 5.74) is 9.69. The minimum absolute atomic E-state index is 0.00295. The molecule has 4 fully saturated rings. The van der Waals surface area contributed by atoms with E-state index in [0.29, 0.717) is 25.1 Å². The number of hydrogen-bond acceptors (Lipinski definition) is 8. The molecule has 8 rings (SSSR count). The molecule has 8 heteroatoms. The average molecular weight is 612 g/mol. The maximum absolute atomic E-state index is 13.8. The SMILES string of the molecule is C[C@]12C=CC(=O)C=C1CC[C@@H]1[C@@H]2[C@@H](O)C[C@@]2(C)[C@H]1C[C@H]1O[C@@H](c3ccc(Cc4ccc(N)c5c4CCO5)cc3)O[C@]12C(=O)CO. The highest BCUT2D eigenvalue weighted by molar-refractivity contribution is 6.01. The molecule has 2 aliphatic heterocycles. The van der Waals surface area contributed by atoms with Crippen LogP contribution in [0, 0.1) is 28.6 Å². The number of hydrogen-bond donors (Lipinski definition) is 3. The first-order valence-corrected chi connectivity index (χ1v) is 16.3. The summed E-state index contributed by atoms with van der Waals surface area (Å²) in [4.78, 5) is 26.0. The molecule has 45 heavy (non-hydrogen) atoms. The van der Waals surface area contributed by atoms with Crippen molar-refractivity contribution in [2.45, 2.75) is 76.5 Å². The molecule has 0 amide bonds. The number of aliphatic hydroxyl groups excluding tert-OH is 2. The second-order valence-corrected chi connectivity index (χ2v) is 14.5. The molecule has 4 aliphatic carbocycles. The van der Waals surface area contributed by atoms with E-state index >= 15 is 0 Å². The summed E-state index contributed by atoms with van der Waals surface area (Å²) in [6.07, 6.45) is 7.55. The lowest BCUT2D eigenvalue weighted by molar-refractivity contribution is -0.201. The van der Waals surface area contributed by atoms with Crippen LogP contribution in [0.4, 0.5) is 5.69 Å². The van der Waals surface area contributed by atoms with Crippen LogP contribution in [0.15, 0.2) is 60.2 Å². The van der Waals surface area contributed by atoms with Crippen LogP contribution < -0.4 is 10.5 Å². The van der Waals surface area contributed by atoms with Crippen LogP contribution in [0.3, 0.4) is 0 Å². The highest BCUT2D eigenvalue weighted by Gasteiger charge is 2.75. The zero-order chi connectivity index (χ0) is 31.3. The summed E-state index contributed by atoms with van der Waals surface area (Å²) in [6, 6.07) is 12.1. The van der Waals surface area contributed by atoms with Gasteiger partial charge in [-0.25, -0.2) is 0 Å². The van der Waals surface area contributed by atoms with E-state index < -0.39 is 41.5 Å². The van der Waals surface area contributed by atoms with Gasteiger partial charge in [-0.2, -0.15) is 0 Å². The quantitative estimate of drug-likeness (QED) is 0.425. The molecule has 2 heterocycles. The standard InChI is InChI=1S/C37H41NO7/c1-35-13-11-24(40)16-23(35)8-9-26-27-17-31-37(30(42)19-39,36(27,2)18-29(41)32(26)35)45-34(44-31)21-5-3-20(4-6-21)15-22-7-10-28(38)33-25(22)12-14-43-33/h3-7,10-11,13,16,26-27,29,31-32,34,39,41H,8-9,12,14-15,17-19,38H2,1-2H3/t26-,27-,29-,31+,32+,34+,35-,36-,37+/m0/s1. The molecule has 0 aromatic heterocycles. The summed E-state index contributed by atoms with van der Waals surface area (Å²) in [6.45, 7) is 4.19. The van der Waals surface area contributed by atoms with E-state index in [1.54, 1.807) is 12.2 Å². The van der Waals surface area contributed by atoms with Crippen molar-refractivity contribution in [3.05, 3.63) is 82.5 Å². The molecular weight excluding hydrogens is 570 g/mol. The lowest BCUT2D eigenvalue weighted by atomic mass is 9.46. The number of ether oxygens (including phenoxy) is 3. The van der Waals surface area contributed by atoms with Gasteiger partial charge in [0.05, 0.1) is 24.5 Å². The minimum atomic E-state index is -1.36. The Morgan fingerprint density at radius 1 is 1.11 bits per heavy atom. The van der Waals surface area contributed by atoms with Crippen molar-refractivity contribution in [1.29, 1.82) is 0 Å². The number of rotatable bonds is 5. The molecule has 6 aliphatic rings. The first-order chi connectivity index (χ1) is 21.6. The normalized spacial score (nSPS) is 39.3. The number of anilines is 1. The van der Waals surface area contributed by atoms with Gasteiger partial charge in [-0.15, -0.1) is 0 Å². The van der Waals surface area contributed by atoms with E-state index in [4.69, 9.17) is 19.9 Å². The van der Waals surface area contributed by atoms with Crippen LogP contribution in [0.5, 0.6) is 5.75 Å². The van der Waals surface area contributed by atoms with Crippen LogP contribution in [0.2, 0.25) is 0 Å². The van der Waals surface area contributed by atoms with E-state index in [-0.39, 0.29) is 29.3 Å². The zero-order valence-corrected chi connectivity index (χ0v) is 25.8. The fraction of sp³-hybridized carbons (Fsp3) is 0.514. The zero-order valence-electron chi connectivity index (χ0n) is 25.8. The van der Waals surface area contributed by atoms with E-state index in [1.807, 2.05) is 24.3 Å². The van der Waals surface area contributed by atoms with E-state index in [9.17, 15) is 19.8 Å². The molecule has 236 valence electrons. The third kappa shape index (κ3) is 3.98. The molecular formula is C37H41NO7. The molecule has 0 unspecified atom stereocenters. The molecule has 0 bridgehead atoms. The van der Waals surface area contributed by atoms with Crippen molar-refractivity contribution in [2.75, 3.05) is 18.9 Å². The number of Topliss-reactive ketones (excluding diaryl/α,β-unsaturated/α-hetero) is 1. The molecule has 1 saturated heterocycles. The second-order valence-electron chi connectivity index (χ2n) is 14.5. The smallest absolute Gasteiger partial charge is 0.193 e. The fourth-order valence-electron chi connectivity index (χ4n) is 10.4. The maximum atomic E-state index is 13.8. The summed E-state index contributed by atoms with van der Waals surface area (Å²) in [5.74, 6) is 0.535. The minimum Gasteiger partial charge on any atom is -0.491 e. The van der Waals surface area contributed by atoms with Gasteiger partial charge in [0.15, 0.2) is 23.5 Å². The Labute approximate surface area is 263 Å². The highest BCUT2D eigenvalue weighted by atomic mass is 16.7. The predicted octanol–water partition coefficient (Wildman–Crippen LogP) is 4.40. The molecule has 4 N–H and O–H groups in total. The summed E-state index contributed by atoms with van der Waals surface area (Å²) < 4.78 is 19.1. The first kappa shape index (κ1) is 29.1. The van der Waals surface area contributed by atoms with Crippen LogP contribution in [-0.4, -0.2) is 52.8 Å². The lowest BCUT2D eigenvalue weighted by Gasteiger charge is -2.59. The number of carbonyl (C=O) groups excluding carboxylic acids is 2. The number of carbonyl (C=O) groups is 2. The Balaban J connectivity index is 1.07. The molecule has 2 aromatic rings. The predicted molar refractivity (Wildman–Crippen MR) is 166 cm³/mol. The highest BCUT2D eigenvalue weighted by Crippen LogP contribution is 2.70. The van der Waals surface area contributed by atoms with E-state index in [0.717, 1.165) is 48.1 Å². The van der Waals surface area contributed by atoms with Gasteiger partial charge in [0.25, 0.3) is 0 Å². The molecule has 8 nitrogen and oxygen atoms in total. The van der Waals surface area contributed by atoms with Crippen molar-refractivity contribution in [3.8, 4) is 5.75 Å². The number of benzene rings is 2. The second kappa shape index (κ2) is 10.1. The van der Waals surface area contributed by atoms with Crippen molar-refractivity contribution >= 4 is 17.3 Å². The Kier molecular flexibility index (Phi) is 6.54. The Morgan fingerprint density at radius 2 is 1.91 bits per heavy atom. The molecule has 2 aromatic carbocycles. The van der Waals surface area contributed by atoms with Gasteiger partial charge in [-0.1, -0.05) is 55.8 Å². The third-order valence-electron chi connectivity index (χ3n) is 12.4. The van der Waals surface area contributed by atoms with Gasteiger partial charge in [-0.05, 0) is 73.3 Å². The number of aliphatic hydroxyl groups is 2. The molecule has 3 saturated carbocycles. The average Bonchev–Trinajstić information content (AvgIpc) is 3.73. The van der Waals surface area contributed by atoms with Gasteiger partial charge in [0, 0.05) is 34.3 Å². The van der Waals surface area contributed by atoms with Gasteiger partial charge in [-0.3, -0.25) is 9.59 Å². The lowest BCUT2D eigenvalue weighted by Crippen LogP contribution is -2.63. The third-order valence-corrected chi connectivity index (χ3v) is 12.4. The number of ketones is 2. The topological polar surface area (TPSA) is 128 Å². The van der Waals surface area contributed by atoms with E-state index in [2.05, 4.69) is 32.0 Å². The van der Waals surface area contributed by atoms with Crippen molar-refractivity contribution in [3.63, 3.8) is 0 Å². The number of nitrogen functional groups attached to an aromatic ring is 1. The Morgan fingerprint density at radius 3 is 2.69 bits per heavy atom. The van der Waals surface area contributed by atoms with Crippen LogP contribution in [0.25, 0.3) is 0 Å². The number of fused-ring (bicyclic) bond motifs is 8. The first-order valence-electron chi connectivity index (χ1n) is 16.3. The van der Waals surface area contributed by atoms with Crippen molar-refractivity contribution < 1.29 is 34.0 Å². The largest absolute Gasteiger partial charge is 0.491 e. The maximum Gasteiger partial charge on any atom is 0.193 e. The Bertz CT molecular complexity index is 1650. The van der Waals surface area contributed by atoms with Gasteiger partial charge >= 0.3 is 0 Å². The summed E-state index contributed by atoms with van der Waals surface area (Å²) in [5, 5.41) is 22.1. The fourth-order valence-corrected chi connectivity index (χ4v) is 10.4. The Hall–Kier alpha value is -3.30. The molecule has 0 spiro atoms. The number of allylic oxidation sites excluding steroid dienone is 4. The van der Waals surface area contributed by atoms with Crippen LogP contribution in [-0.2, 0) is 31.9 Å². The molecule has 0 radical (unpaired) electrons. The van der Waals surface area contributed by atoms with E-state index in [1.165, 1.54) is 11.1 Å². The summed E-state index contributed by atoms with van der Waals surface area (Å²) in [7, 11) is 0. The summed E-state index contributed by atoms with van der Waals surface area (Å²) >= 11 is 0. The monoisotopic (exact) mass is 611 g/mol. The van der Waals surface area contributed by atoms with Crippen LogP contribution in [0.1, 0.15) is 68.1 Å². The van der Waals surface area contributed by atoms with Crippen molar-refractivity contribution in [2.24, 2.45) is 28.6 Å². The van der Waals surface area contributed by atoms with Gasteiger partial charge in [0.2, 0.25) is 0 Å². The van der Waals surface area contributed by atoms with Gasteiger partial charge in [0.1, 0.15) is 12.4 Å². The van der Waals surface area contributed by atoms with Crippen LogP contribution >= 0.6 is 0 Å². The molecule has 9 atom stereocenters.